The highest BCUT2D eigenvalue weighted by atomic mass is 32.2. The topological polar surface area (TPSA) is 79.3 Å². The summed E-state index contributed by atoms with van der Waals surface area (Å²) in [6, 6.07) is 3.99. The fourth-order valence-corrected chi connectivity index (χ4v) is 3.98. The summed E-state index contributed by atoms with van der Waals surface area (Å²) in [6.45, 7) is 1.61. The van der Waals surface area contributed by atoms with Gasteiger partial charge in [-0.25, -0.2) is 4.79 Å². The Bertz CT molecular complexity index is 608. The molecule has 20 heavy (non-hydrogen) atoms. The lowest BCUT2D eigenvalue weighted by Crippen LogP contribution is -2.15. The van der Waals surface area contributed by atoms with Gasteiger partial charge >= 0.3 is 5.97 Å². The second-order valence-corrected chi connectivity index (χ2v) is 6.69. The van der Waals surface area contributed by atoms with Crippen molar-refractivity contribution in [3.63, 3.8) is 0 Å². The minimum Gasteiger partial charge on any atom is -0.478 e. The molecule has 0 radical (unpaired) electrons. The minimum absolute atomic E-state index is 0.0756. The van der Waals surface area contributed by atoms with E-state index in [1.807, 2.05) is 17.5 Å². The number of thiophene rings is 1. The highest BCUT2D eigenvalue weighted by Gasteiger charge is 2.19. The summed E-state index contributed by atoms with van der Waals surface area (Å²) in [4.78, 5) is 24.1. The number of aryl methyl sites for hydroxylation is 1. The van der Waals surface area contributed by atoms with E-state index in [0.717, 1.165) is 17.3 Å². The number of rotatable bonds is 6. The van der Waals surface area contributed by atoms with Crippen LogP contribution < -0.4 is 5.32 Å². The second kappa shape index (κ2) is 6.87. The van der Waals surface area contributed by atoms with Crippen LogP contribution in [0, 0.1) is 6.92 Å². The third kappa shape index (κ3) is 3.81. The summed E-state index contributed by atoms with van der Waals surface area (Å²) in [5.74, 6) is -0.220. The van der Waals surface area contributed by atoms with Crippen LogP contribution in [0.5, 0.6) is 0 Å². The van der Waals surface area contributed by atoms with Gasteiger partial charge in [0, 0.05) is 10.6 Å². The lowest BCUT2D eigenvalue weighted by molar-refractivity contribution is -0.113. The zero-order valence-corrected chi connectivity index (χ0v) is 13.0. The molecule has 5 nitrogen and oxygen atoms in total. The Morgan fingerprint density at radius 2 is 2.30 bits per heavy atom. The smallest absolute Gasteiger partial charge is 0.340 e. The van der Waals surface area contributed by atoms with Crippen molar-refractivity contribution in [3.05, 3.63) is 33.6 Å². The predicted molar refractivity (Wildman–Crippen MR) is 82.9 cm³/mol. The van der Waals surface area contributed by atoms with E-state index >= 15 is 0 Å². The number of thioether (sulfide) groups is 1. The molecule has 0 aliphatic heterocycles. The summed E-state index contributed by atoms with van der Waals surface area (Å²) in [5, 5.41) is 14.0. The van der Waals surface area contributed by atoms with Crippen LogP contribution in [0.15, 0.2) is 17.5 Å². The fraction of sp³-hybridized carbons (Fsp3) is 0.250. The molecule has 0 spiro atoms. The molecule has 0 saturated heterocycles. The Balaban J connectivity index is 1.87. The van der Waals surface area contributed by atoms with Crippen molar-refractivity contribution in [2.45, 2.75) is 12.7 Å². The van der Waals surface area contributed by atoms with E-state index in [4.69, 9.17) is 5.11 Å². The van der Waals surface area contributed by atoms with Crippen LogP contribution in [0.3, 0.4) is 0 Å². The Kier molecular flexibility index (Phi) is 5.16. The molecule has 2 aromatic heterocycles. The molecule has 0 saturated carbocycles. The van der Waals surface area contributed by atoms with Gasteiger partial charge in [0.05, 0.1) is 11.4 Å². The maximum atomic E-state index is 11.8. The second-order valence-electron chi connectivity index (χ2n) is 3.90. The van der Waals surface area contributed by atoms with E-state index in [-0.39, 0.29) is 17.2 Å². The number of hydrogen-bond acceptors (Lipinski definition) is 6. The highest BCUT2D eigenvalue weighted by molar-refractivity contribution is 7.99. The molecule has 106 valence electrons. The van der Waals surface area contributed by atoms with Crippen LogP contribution in [0.25, 0.3) is 0 Å². The number of carbonyl (C=O) groups is 2. The van der Waals surface area contributed by atoms with Gasteiger partial charge < -0.3 is 10.4 Å². The molecule has 2 aromatic rings. The molecular weight excluding hydrogens is 316 g/mol. The van der Waals surface area contributed by atoms with Crippen molar-refractivity contribution in [1.82, 2.24) is 4.37 Å². The van der Waals surface area contributed by atoms with Gasteiger partial charge in [-0.3, -0.25) is 4.79 Å². The Hall–Kier alpha value is -1.38. The van der Waals surface area contributed by atoms with Gasteiger partial charge in [-0.15, -0.1) is 23.1 Å². The Labute approximate surface area is 128 Å². The fourth-order valence-electron chi connectivity index (χ4n) is 1.51. The van der Waals surface area contributed by atoms with Gasteiger partial charge in [0.15, 0.2) is 0 Å². The number of aromatic nitrogens is 1. The number of nitrogens with one attached hydrogen (secondary N) is 1. The van der Waals surface area contributed by atoms with Crippen molar-refractivity contribution in [2.75, 3.05) is 11.1 Å². The first kappa shape index (κ1) is 15.0. The molecule has 2 N–H and O–H groups in total. The Morgan fingerprint density at radius 1 is 1.50 bits per heavy atom. The van der Waals surface area contributed by atoms with Crippen LogP contribution in [-0.2, 0) is 10.5 Å². The van der Waals surface area contributed by atoms with E-state index < -0.39 is 5.97 Å². The van der Waals surface area contributed by atoms with Crippen LogP contribution in [0.4, 0.5) is 5.00 Å². The van der Waals surface area contributed by atoms with E-state index in [9.17, 15) is 9.59 Å². The van der Waals surface area contributed by atoms with E-state index in [1.165, 1.54) is 16.6 Å². The zero-order chi connectivity index (χ0) is 14.5. The van der Waals surface area contributed by atoms with E-state index in [2.05, 4.69) is 9.69 Å². The summed E-state index contributed by atoms with van der Waals surface area (Å²) in [7, 11) is 0. The van der Waals surface area contributed by atoms with Crippen LogP contribution in [0.1, 0.15) is 20.9 Å². The van der Waals surface area contributed by atoms with Crippen LogP contribution >= 0.6 is 34.6 Å². The summed E-state index contributed by atoms with van der Waals surface area (Å²) >= 11 is 4.14. The molecule has 0 aromatic carbocycles. The monoisotopic (exact) mass is 328 g/mol. The molecule has 2 rings (SSSR count). The first-order chi connectivity index (χ1) is 9.58. The van der Waals surface area contributed by atoms with Crippen molar-refractivity contribution < 1.29 is 14.7 Å². The number of carboxylic acids is 1. The van der Waals surface area contributed by atoms with Crippen molar-refractivity contribution >= 4 is 51.5 Å². The number of amides is 1. The number of carboxylic acid groups (broad SMARTS) is 1. The highest BCUT2D eigenvalue weighted by Crippen LogP contribution is 2.25. The molecule has 0 aliphatic carbocycles. The Morgan fingerprint density at radius 3 is 2.95 bits per heavy atom. The molecular formula is C12H12N2O3S3. The van der Waals surface area contributed by atoms with Crippen molar-refractivity contribution in [2.24, 2.45) is 0 Å². The average molecular weight is 328 g/mol. The van der Waals surface area contributed by atoms with Gasteiger partial charge in [-0.05, 0) is 29.9 Å². The number of aromatic carboxylic acids is 1. The van der Waals surface area contributed by atoms with Gasteiger partial charge in [0.2, 0.25) is 5.91 Å². The number of carbonyl (C=O) groups excluding carboxylic acids is 1. The first-order valence-electron chi connectivity index (χ1n) is 5.67. The molecule has 0 fully saturated rings. The minimum atomic E-state index is -1.07. The molecule has 0 aliphatic rings. The summed E-state index contributed by atoms with van der Waals surface area (Å²) in [6.07, 6.45) is 0. The number of anilines is 1. The zero-order valence-electron chi connectivity index (χ0n) is 10.6. The standard InChI is InChI=1S/C12H12N2O3S3/c1-7-10(12(16)17)11(20-14-7)13-9(15)6-18-5-8-3-2-4-19-8/h2-4H,5-6H2,1H3,(H,13,15)(H,16,17). The predicted octanol–water partition coefficient (Wildman–Crippen LogP) is 3.08. The van der Waals surface area contributed by atoms with Crippen LogP contribution in [-0.4, -0.2) is 27.1 Å². The van der Waals surface area contributed by atoms with Gasteiger partial charge in [-0.1, -0.05) is 6.07 Å². The molecule has 1 amide bonds. The van der Waals surface area contributed by atoms with E-state index in [0.29, 0.717) is 10.7 Å². The van der Waals surface area contributed by atoms with Crippen molar-refractivity contribution in [1.29, 1.82) is 0 Å². The maximum absolute atomic E-state index is 11.8. The quantitative estimate of drug-likeness (QED) is 0.852. The molecule has 2 heterocycles. The third-order valence-electron chi connectivity index (χ3n) is 2.39. The van der Waals surface area contributed by atoms with Crippen molar-refractivity contribution in [3.8, 4) is 0 Å². The van der Waals surface area contributed by atoms with Gasteiger partial charge in [-0.2, -0.15) is 4.37 Å². The third-order valence-corrected chi connectivity index (χ3v) is 5.28. The first-order valence-corrected chi connectivity index (χ1v) is 8.48. The summed E-state index contributed by atoms with van der Waals surface area (Å²) in [5.41, 5.74) is 0.496. The molecule has 8 heteroatoms. The molecule has 0 unspecified atom stereocenters. The number of hydrogen-bond donors (Lipinski definition) is 2. The largest absolute Gasteiger partial charge is 0.478 e. The van der Waals surface area contributed by atoms with Gasteiger partial charge in [0.1, 0.15) is 10.6 Å². The van der Waals surface area contributed by atoms with Crippen LogP contribution in [0.2, 0.25) is 0 Å². The molecule has 0 atom stereocenters. The maximum Gasteiger partial charge on any atom is 0.340 e. The lowest BCUT2D eigenvalue weighted by atomic mass is 10.2. The SMILES string of the molecule is Cc1nsc(NC(=O)CSCc2cccs2)c1C(=O)O. The molecule has 0 bridgehead atoms. The normalized spacial score (nSPS) is 10.4. The number of nitrogens with zero attached hydrogens (tertiary/aromatic N) is 1. The van der Waals surface area contributed by atoms with Gasteiger partial charge in [0.25, 0.3) is 0 Å². The van der Waals surface area contributed by atoms with E-state index in [1.54, 1.807) is 18.3 Å². The lowest BCUT2D eigenvalue weighted by Gasteiger charge is -2.03. The average Bonchev–Trinajstić information content (AvgIpc) is 2.99. The summed E-state index contributed by atoms with van der Waals surface area (Å²) < 4.78 is 3.95.